The molecule has 0 unspecified atom stereocenters. The van der Waals surface area contributed by atoms with E-state index in [0.29, 0.717) is 13.0 Å². The molecular weight excluding hydrogens is 186 g/mol. The van der Waals surface area contributed by atoms with Crippen LogP contribution in [0.15, 0.2) is 30.3 Å². The lowest BCUT2D eigenvalue weighted by molar-refractivity contribution is 0.0466. The van der Waals surface area contributed by atoms with Crippen LogP contribution in [0.4, 0.5) is 0 Å². The van der Waals surface area contributed by atoms with E-state index in [1.807, 2.05) is 18.2 Å². The Bertz CT molecular complexity index is 302. The van der Waals surface area contributed by atoms with Crippen molar-refractivity contribution in [3.63, 3.8) is 0 Å². The van der Waals surface area contributed by atoms with E-state index < -0.39 is 0 Å². The van der Waals surface area contributed by atoms with E-state index in [-0.39, 0.29) is 6.10 Å². The van der Waals surface area contributed by atoms with Crippen molar-refractivity contribution in [2.45, 2.75) is 38.9 Å². The predicted molar refractivity (Wildman–Crippen MR) is 60.2 cm³/mol. The average Bonchev–Trinajstić information content (AvgIpc) is 2.28. The van der Waals surface area contributed by atoms with Crippen LogP contribution in [0.2, 0.25) is 0 Å². The summed E-state index contributed by atoms with van der Waals surface area (Å²) in [6.45, 7) is 2.72. The second kappa shape index (κ2) is 7.03. The molecule has 0 amide bonds. The van der Waals surface area contributed by atoms with Gasteiger partial charge in [0.1, 0.15) is 0 Å². The lowest BCUT2D eigenvalue weighted by Crippen LogP contribution is -2.07. The minimum atomic E-state index is 0.235. The lowest BCUT2D eigenvalue weighted by Gasteiger charge is -2.11. The van der Waals surface area contributed by atoms with Crippen LogP contribution < -0.4 is 0 Å². The Kier molecular flexibility index (Phi) is 5.50. The van der Waals surface area contributed by atoms with Crippen LogP contribution in [-0.2, 0) is 11.3 Å². The maximum Gasteiger partial charge on any atom is 0.0720 e. The fourth-order valence-corrected chi connectivity index (χ4v) is 1.36. The number of nitrogens with zero attached hydrogens (tertiary/aromatic N) is 1. The van der Waals surface area contributed by atoms with Gasteiger partial charge in [0.15, 0.2) is 0 Å². The van der Waals surface area contributed by atoms with Crippen LogP contribution in [0.5, 0.6) is 0 Å². The smallest absolute Gasteiger partial charge is 0.0720 e. The lowest BCUT2D eigenvalue weighted by atomic mass is 10.2. The molecule has 1 aromatic rings. The van der Waals surface area contributed by atoms with E-state index in [1.165, 1.54) is 5.56 Å². The number of rotatable bonds is 6. The minimum absolute atomic E-state index is 0.235. The molecule has 0 N–H and O–H groups in total. The summed E-state index contributed by atoms with van der Waals surface area (Å²) in [4.78, 5) is 0. The first kappa shape index (κ1) is 11.7. The van der Waals surface area contributed by atoms with Crippen molar-refractivity contribution >= 4 is 0 Å². The van der Waals surface area contributed by atoms with Crippen molar-refractivity contribution in [1.29, 1.82) is 5.26 Å². The summed E-state index contributed by atoms with van der Waals surface area (Å²) in [5.74, 6) is 0. The Labute approximate surface area is 91.5 Å². The Morgan fingerprint density at radius 2 is 2.07 bits per heavy atom. The number of nitriles is 1. The van der Waals surface area contributed by atoms with Gasteiger partial charge >= 0.3 is 0 Å². The zero-order chi connectivity index (χ0) is 10.9. The Morgan fingerprint density at radius 3 is 2.73 bits per heavy atom. The van der Waals surface area contributed by atoms with Gasteiger partial charge in [0.25, 0.3) is 0 Å². The molecule has 1 rings (SSSR count). The highest BCUT2D eigenvalue weighted by Gasteiger charge is 2.01. The first-order chi connectivity index (χ1) is 7.33. The molecule has 0 radical (unpaired) electrons. The summed E-state index contributed by atoms with van der Waals surface area (Å²) in [5.41, 5.74) is 1.20. The molecule has 0 aliphatic rings. The van der Waals surface area contributed by atoms with Gasteiger partial charge in [-0.05, 0) is 25.3 Å². The largest absolute Gasteiger partial charge is 0.374 e. The molecular formula is C13H17NO. The molecule has 0 heterocycles. The maximum atomic E-state index is 8.40. The second-order valence-electron chi connectivity index (χ2n) is 3.66. The molecule has 80 valence electrons. The van der Waals surface area contributed by atoms with Gasteiger partial charge < -0.3 is 4.74 Å². The van der Waals surface area contributed by atoms with Gasteiger partial charge in [-0.1, -0.05) is 30.3 Å². The topological polar surface area (TPSA) is 33.0 Å². The number of benzene rings is 1. The number of unbranched alkanes of at least 4 members (excludes halogenated alkanes) is 1. The molecule has 1 atom stereocenters. The molecule has 15 heavy (non-hydrogen) atoms. The Morgan fingerprint density at radius 1 is 1.33 bits per heavy atom. The minimum Gasteiger partial charge on any atom is -0.374 e. The molecule has 2 nitrogen and oxygen atoms in total. The molecule has 0 aromatic heterocycles. The number of hydrogen-bond acceptors (Lipinski definition) is 2. The average molecular weight is 203 g/mol. The van der Waals surface area contributed by atoms with Crippen LogP contribution in [0, 0.1) is 11.3 Å². The van der Waals surface area contributed by atoms with Crippen LogP contribution in [0.3, 0.4) is 0 Å². The zero-order valence-corrected chi connectivity index (χ0v) is 9.15. The van der Waals surface area contributed by atoms with E-state index in [4.69, 9.17) is 10.00 Å². The third kappa shape index (κ3) is 5.19. The van der Waals surface area contributed by atoms with E-state index in [9.17, 15) is 0 Å². The van der Waals surface area contributed by atoms with Gasteiger partial charge in [-0.2, -0.15) is 5.26 Å². The highest BCUT2D eigenvalue weighted by molar-refractivity contribution is 5.13. The quantitative estimate of drug-likeness (QED) is 0.665. The number of hydrogen-bond donors (Lipinski definition) is 0. The summed E-state index contributed by atoms with van der Waals surface area (Å²) < 4.78 is 5.67. The first-order valence-electron chi connectivity index (χ1n) is 5.35. The monoisotopic (exact) mass is 203 g/mol. The van der Waals surface area contributed by atoms with Crippen molar-refractivity contribution in [2.75, 3.05) is 0 Å². The molecule has 0 saturated carbocycles. The molecule has 0 saturated heterocycles. The SMILES string of the molecule is C[C@@H](CCCC#N)OCc1ccccc1. The summed E-state index contributed by atoms with van der Waals surface area (Å²) in [5, 5.41) is 8.40. The van der Waals surface area contributed by atoms with E-state index in [0.717, 1.165) is 12.8 Å². The molecule has 0 aliphatic heterocycles. The standard InChI is InChI=1S/C13H17NO/c1-12(7-5-6-10-14)15-11-13-8-3-2-4-9-13/h2-4,8-9,12H,5-7,11H2,1H3/t12-/m0/s1. The highest BCUT2D eigenvalue weighted by atomic mass is 16.5. The predicted octanol–water partition coefficient (Wildman–Crippen LogP) is 3.29. The van der Waals surface area contributed by atoms with Gasteiger partial charge in [0, 0.05) is 6.42 Å². The van der Waals surface area contributed by atoms with E-state index in [1.54, 1.807) is 0 Å². The highest BCUT2D eigenvalue weighted by Crippen LogP contribution is 2.08. The second-order valence-corrected chi connectivity index (χ2v) is 3.66. The molecule has 0 fully saturated rings. The van der Waals surface area contributed by atoms with Gasteiger partial charge in [0.2, 0.25) is 0 Å². The van der Waals surface area contributed by atoms with Crippen molar-refractivity contribution in [2.24, 2.45) is 0 Å². The van der Waals surface area contributed by atoms with Crippen molar-refractivity contribution in [3.8, 4) is 6.07 Å². The molecule has 1 aromatic carbocycles. The number of ether oxygens (including phenoxy) is 1. The molecule has 0 spiro atoms. The normalized spacial score (nSPS) is 12.0. The van der Waals surface area contributed by atoms with Crippen molar-refractivity contribution < 1.29 is 4.74 Å². The first-order valence-corrected chi connectivity index (χ1v) is 5.35. The van der Waals surface area contributed by atoms with Gasteiger partial charge in [-0.25, -0.2) is 0 Å². The summed E-state index contributed by atoms with van der Waals surface area (Å²) in [6.07, 6.45) is 2.74. The van der Waals surface area contributed by atoms with Gasteiger partial charge in [-0.15, -0.1) is 0 Å². The van der Waals surface area contributed by atoms with E-state index in [2.05, 4.69) is 25.1 Å². The van der Waals surface area contributed by atoms with Gasteiger partial charge in [0.05, 0.1) is 18.8 Å². The summed E-state index contributed by atoms with van der Waals surface area (Å²) >= 11 is 0. The maximum absolute atomic E-state index is 8.40. The molecule has 0 aliphatic carbocycles. The fourth-order valence-electron chi connectivity index (χ4n) is 1.36. The third-order valence-corrected chi connectivity index (χ3v) is 2.28. The fraction of sp³-hybridized carbons (Fsp3) is 0.462. The van der Waals surface area contributed by atoms with Crippen LogP contribution in [0.25, 0.3) is 0 Å². The van der Waals surface area contributed by atoms with Crippen LogP contribution in [0.1, 0.15) is 31.7 Å². The van der Waals surface area contributed by atoms with E-state index >= 15 is 0 Å². The summed E-state index contributed by atoms with van der Waals surface area (Å²) in [7, 11) is 0. The van der Waals surface area contributed by atoms with Crippen LogP contribution in [-0.4, -0.2) is 6.10 Å². The third-order valence-electron chi connectivity index (χ3n) is 2.28. The summed E-state index contributed by atoms with van der Waals surface area (Å²) in [6, 6.07) is 12.3. The molecule has 0 bridgehead atoms. The molecule has 2 heteroatoms. The Balaban J connectivity index is 2.17. The zero-order valence-electron chi connectivity index (χ0n) is 9.15. The van der Waals surface area contributed by atoms with Crippen molar-refractivity contribution in [3.05, 3.63) is 35.9 Å². The van der Waals surface area contributed by atoms with Crippen LogP contribution >= 0.6 is 0 Å². The van der Waals surface area contributed by atoms with Crippen molar-refractivity contribution in [1.82, 2.24) is 0 Å². The van der Waals surface area contributed by atoms with Gasteiger partial charge in [-0.3, -0.25) is 0 Å². The Hall–Kier alpha value is -1.33.